The zero-order valence-electron chi connectivity index (χ0n) is 33.3. The minimum absolute atomic E-state index is 0.0718. The van der Waals surface area contributed by atoms with Crippen LogP contribution in [0.2, 0.25) is 0 Å². The Morgan fingerprint density at radius 3 is 1.52 bits per heavy atom. The van der Waals surface area contributed by atoms with E-state index in [1.165, 1.54) is 22.3 Å². The van der Waals surface area contributed by atoms with Gasteiger partial charge in [0, 0.05) is 33.8 Å². The summed E-state index contributed by atoms with van der Waals surface area (Å²) in [4.78, 5) is 4.60. The smallest absolute Gasteiger partial charge is 0.0540 e. The first-order chi connectivity index (χ1) is 25.7. The van der Waals surface area contributed by atoms with Gasteiger partial charge in [0.25, 0.3) is 0 Å². The molecule has 6 rings (SSSR count). The summed E-state index contributed by atoms with van der Waals surface area (Å²) in [6.07, 6.45) is 10.3. The average molecular weight is 707 g/mol. The fourth-order valence-corrected chi connectivity index (χ4v) is 6.85. The summed E-state index contributed by atoms with van der Waals surface area (Å²) in [5.41, 5.74) is 13.8. The van der Waals surface area contributed by atoms with Crippen LogP contribution in [-0.2, 0) is 10.8 Å². The summed E-state index contributed by atoms with van der Waals surface area (Å²) in [5.74, 6) is 0. The van der Waals surface area contributed by atoms with Gasteiger partial charge in [-0.15, -0.1) is 0 Å². The molecule has 0 heterocycles. The fourth-order valence-electron chi connectivity index (χ4n) is 6.85. The van der Waals surface area contributed by atoms with E-state index in [-0.39, 0.29) is 10.8 Å². The molecule has 0 bridgehead atoms. The number of nitrogens with zero attached hydrogens (tertiary/aromatic N) is 2. The van der Waals surface area contributed by atoms with E-state index >= 15 is 0 Å². The first-order valence-electron chi connectivity index (χ1n) is 18.9. The maximum Gasteiger partial charge on any atom is 0.0540 e. The normalized spacial score (nSPS) is 12.1. The van der Waals surface area contributed by atoms with Crippen molar-refractivity contribution in [2.45, 2.75) is 66.2 Å². The first kappa shape index (κ1) is 37.9. The summed E-state index contributed by atoms with van der Waals surface area (Å²) in [5, 5.41) is 2.33. The number of allylic oxidation sites excluding steroid dienone is 3. The van der Waals surface area contributed by atoms with Gasteiger partial charge in [0.05, 0.1) is 5.69 Å². The second kappa shape index (κ2) is 15.6. The van der Waals surface area contributed by atoms with E-state index < -0.39 is 0 Å². The van der Waals surface area contributed by atoms with Crippen LogP contribution in [0.1, 0.15) is 74.9 Å². The van der Waals surface area contributed by atoms with Crippen molar-refractivity contribution in [1.82, 2.24) is 0 Å². The average Bonchev–Trinajstić information content (AvgIpc) is 3.14. The lowest BCUT2D eigenvalue weighted by atomic mass is 9.87. The molecule has 0 unspecified atom stereocenters. The molecule has 6 aromatic carbocycles. The molecule has 0 radical (unpaired) electrons. The third-order valence-electron chi connectivity index (χ3n) is 10.1. The van der Waals surface area contributed by atoms with Gasteiger partial charge in [-0.2, -0.15) is 0 Å². The molecule has 0 saturated heterocycles. The number of rotatable bonds is 10. The highest BCUT2D eigenvalue weighted by Gasteiger charge is 2.20. The topological polar surface area (TPSA) is 6.48 Å². The molecule has 0 aromatic heterocycles. The van der Waals surface area contributed by atoms with Gasteiger partial charge in [-0.25, -0.2) is 0 Å². The van der Waals surface area contributed by atoms with Gasteiger partial charge in [-0.3, -0.25) is 0 Å². The Labute approximate surface area is 324 Å². The lowest BCUT2D eigenvalue weighted by molar-refractivity contribution is 0.590. The summed E-state index contributed by atoms with van der Waals surface area (Å²) < 4.78 is 0. The van der Waals surface area contributed by atoms with E-state index in [4.69, 9.17) is 0 Å². The van der Waals surface area contributed by atoms with Crippen molar-refractivity contribution in [3.05, 3.63) is 198 Å². The van der Waals surface area contributed by atoms with Gasteiger partial charge in [0.15, 0.2) is 0 Å². The molecule has 0 spiro atoms. The zero-order chi connectivity index (χ0) is 38.6. The van der Waals surface area contributed by atoms with Gasteiger partial charge in [0.2, 0.25) is 0 Å². The standard InChI is InChI=1S/C52H54N2/c1-11-12-14-47-40(22-21-39(4)53(43-28-17-37(2)18-29-43)44-32-24-41(25-33-44)51(5,6)7)23-36-49-48(47)15-13-16-50(49)54(45-30-19-38(3)20-31-45)46-34-26-42(27-35-46)52(8,9)10/h11-36H,1,4H2,2-3,5-10H3/b14-12-,22-21-. The number of hydrogen-bond donors (Lipinski definition) is 0. The maximum absolute atomic E-state index is 4.60. The Hall–Kier alpha value is -5.86. The van der Waals surface area contributed by atoms with Crippen molar-refractivity contribution in [3.63, 3.8) is 0 Å². The Morgan fingerprint density at radius 2 is 1.02 bits per heavy atom. The van der Waals surface area contributed by atoms with Gasteiger partial charge in [0.1, 0.15) is 0 Å². The van der Waals surface area contributed by atoms with Crippen LogP contribution in [0.5, 0.6) is 0 Å². The molecule has 54 heavy (non-hydrogen) atoms. The summed E-state index contributed by atoms with van der Waals surface area (Å²) in [6, 6.07) is 46.4. The third-order valence-corrected chi connectivity index (χ3v) is 10.1. The van der Waals surface area contributed by atoms with E-state index in [1.54, 1.807) is 0 Å². The predicted molar refractivity (Wildman–Crippen MR) is 238 cm³/mol. The Balaban J connectivity index is 1.45. The van der Waals surface area contributed by atoms with Gasteiger partial charge in [-0.05, 0) is 113 Å². The van der Waals surface area contributed by atoms with Crippen molar-refractivity contribution >= 4 is 51.4 Å². The molecular formula is C52H54N2. The Morgan fingerprint density at radius 1 is 0.537 bits per heavy atom. The van der Waals surface area contributed by atoms with Crippen LogP contribution in [0.25, 0.3) is 22.9 Å². The molecule has 0 saturated carbocycles. The largest absolute Gasteiger partial charge is 0.311 e. The van der Waals surface area contributed by atoms with Gasteiger partial charge >= 0.3 is 0 Å². The van der Waals surface area contributed by atoms with E-state index in [0.717, 1.165) is 56.0 Å². The SMILES string of the molecule is C=C/C=C\c1c(/C=C\C(=C)N(c2ccc(C)cc2)c2ccc(C(C)(C)C)cc2)ccc2c(N(c3ccc(C)cc3)c3ccc(C(C)(C)C)cc3)cccc12. The Kier molecular flexibility index (Phi) is 11.0. The predicted octanol–water partition coefficient (Wildman–Crippen LogP) is 15.1. The van der Waals surface area contributed by atoms with Crippen LogP contribution >= 0.6 is 0 Å². The molecule has 2 heteroatoms. The summed E-state index contributed by atoms with van der Waals surface area (Å²) in [6.45, 7) is 26.4. The molecule has 0 N–H and O–H groups in total. The van der Waals surface area contributed by atoms with Crippen molar-refractivity contribution in [3.8, 4) is 0 Å². The van der Waals surface area contributed by atoms with Crippen LogP contribution in [0.3, 0.4) is 0 Å². The molecule has 0 aliphatic rings. The lowest BCUT2D eigenvalue weighted by Gasteiger charge is -2.28. The molecule has 272 valence electrons. The third kappa shape index (κ3) is 8.35. The fraction of sp³-hybridized carbons (Fsp3) is 0.192. The Bertz CT molecular complexity index is 2300. The highest BCUT2D eigenvalue weighted by molar-refractivity contribution is 6.04. The monoisotopic (exact) mass is 706 g/mol. The molecule has 0 aliphatic heterocycles. The van der Waals surface area contributed by atoms with Crippen LogP contribution < -0.4 is 9.80 Å². The van der Waals surface area contributed by atoms with Crippen molar-refractivity contribution in [2.24, 2.45) is 0 Å². The van der Waals surface area contributed by atoms with Crippen LogP contribution in [0, 0.1) is 13.8 Å². The van der Waals surface area contributed by atoms with Gasteiger partial charge in [-0.1, -0.05) is 163 Å². The quantitative estimate of drug-likeness (QED) is 0.131. The second-order valence-electron chi connectivity index (χ2n) is 16.3. The van der Waals surface area contributed by atoms with E-state index in [0.29, 0.717) is 0 Å². The molecular weight excluding hydrogens is 653 g/mol. The molecule has 6 aromatic rings. The molecule has 0 amide bonds. The van der Waals surface area contributed by atoms with Crippen LogP contribution in [-0.4, -0.2) is 0 Å². The molecule has 0 atom stereocenters. The number of aryl methyl sites for hydroxylation is 2. The van der Waals surface area contributed by atoms with Crippen molar-refractivity contribution < 1.29 is 0 Å². The van der Waals surface area contributed by atoms with Crippen molar-refractivity contribution in [1.29, 1.82) is 0 Å². The number of benzene rings is 6. The van der Waals surface area contributed by atoms with Crippen LogP contribution in [0.4, 0.5) is 28.4 Å². The number of fused-ring (bicyclic) bond motifs is 1. The summed E-state index contributed by atoms with van der Waals surface area (Å²) >= 11 is 0. The highest BCUT2D eigenvalue weighted by Crippen LogP contribution is 2.41. The maximum atomic E-state index is 4.60. The second-order valence-corrected chi connectivity index (χ2v) is 16.3. The zero-order valence-corrected chi connectivity index (χ0v) is 33.3. The lowest BCUT2D eigenvalue weighted by Crippen LogP contribution is -2.15. The van der Waals surface area contributed by atoms with Crippen molar-refractivity contribution in [2.75, 3.05) is 9.80 Å². The molecule has 0 fully saturated rings. The van der Waals surface area contributed by atoms with Gasteiger partial charge < -0.3 is 9.80 Å². The number of anilines is 5. The molecule has 2 nitrogen and oxygen atoms in total. The highest BCUT2D eigenvalue weighted by atomic mass is 15.1. The minimum atomic E-state index is 0.0718. The molecule has 0 aliphatic carbocycles. The minimum Gasteiger partial charge on any atom is -0.311 e. The van der Waals surface area contributed by atoms with Crippen LogP contribution in [0.15, 0.2) is 164 Å². The van der Waals surface area contributed by atoms with E-state index in [9.17, 15) is 0 Å². The number of hydrogen-bond acceptors (Lipinski definition) is 2. The van der Waals surface area contributed by atoms with E-state index in [1.807, 2.05) is 12.2 Å². The summed E-state index contributed by atoms with van der Waals surface area (Å²) in [7, 11) is 0. The first-order valence-corrected chi connectivity index (χ1v) is 18.9. The van der Waals surface area contributed by atoms with E-state index in [2.05, 4.69) is 224 Å².